The first-order valence-corrected chi connectivity index (χ1v) is 10.4. The molecule has 3 heteroatoms. The summed E-state index contributed by atoms with van der Waals surface area (Å²) in [5.41, 5.74) is 1.71. The largest absolute Gasteiger partial charge is 0.506 e. The second-order valence-corrected chi connectivity index (χ2v) is 9.48. The van der Waals surface area contributed by atoms with Crippen molar-refractivity contribution >= 4 is 5.69 Å². The maximum atomic E-state index is 10.1. The zero-order valence-corrected chi connectivity index (χ0v) is 15.4. The first kappa shape index (κ1) is 16.0. The second-order valence-electron chi connectivity index (χ2n) is 9.48. The number of hydrogen-bond donors (Lipinski definition) is 1. The van der Waals surface area contributed by atoms with E-state index >= 15 is 0 Å². The molecule has 1 N–H and O–H groups in total. The van der Waals surface area contributed by atoms with Crippen molar-refractivity contribution in [2.45, 2.75) is 44.9 Å². The van der Waals surface area contributed by atoms with Crippen LogP contribution in [-0.4, -0.2) is 42.7 Å². The molecule has 0 atom stereocenters. The molecule has 4 saturated carbocycles. The van der Waals surface area contributed by atoms with E-state index < -0.39 is 0 Å². The average molecular weight is 341 g/mol. The number of piperazine rings is 1. The Hall–Kier alpha value is -1.22. The molecule has 5 fully saturated rings. The van der Waals surface area contributed by atoms with E-state index in [4.69, 9.17) is 0 Å². The summed E-state index contributed by atoms with van der Waals surface area (Å²) in [4.78, 5) is 5.02. The molecule has 0 spiro atoms. The standard InChI is InChI=1S/C22H32N2O/c25-21-4-2-1-3-20(21)24-9-7-23(8-10-24)6-5-22-14-17-11-18(15-22)13-19(12-17)16-22/h1-4,17-19,25H,5-16H2. The third-order valence-electron chi connectivity index (χ3n) is 7.72. The molecule has 4 bridgehead atoms. The summed E-state index contributed by atoms with van der Waals surface area (Å²) in [5.74, 6) is 3.64. The predicted octanol–water partition coefficient (Wildman–Crippen LogP) is 4.12. The average Bonchev–Trinajstić information content (AvgIpc) is 2.60. The van der Waals surface area contributed by atoms with Gasteiger partial charge in [-0.25, -0.2) is 0 Å². The second kappa shape index (κ2) is 6.19. The van der Waals surface area contributed by atoms with Gasteiger partial charge in [0, 0.05) is 26.2 Å². The summed E-state index contributed by atoms with van der Waals surface area (Å²) in [6, 6.07) is 7.77. The topological polar surface area (TPSA) is 26.7 Å². The van der Waals surface area contributed by atoms with E-state index in [-0.39, 0.29) is 0 Å². The van der Waals surface area contributed by atoms with Gasteiger partial charge >= 0.3 is 0 Å². The monoisotopic (exact) mass is 340 g/mol. The fourth-order valence-electron chi connectivity index (χ4n) is 6.94. The zero-order chi connectivity index (χ0) is 16.9. The molecule has 1 aromatic carbocycles. The SMILES string of the molecule is Oc1ccccc1N1CCN(CCC23CC4CC(CC(C4)C2)C3)CC1. The van der Waals surface area contributed by atoms with Gasteiger partial charge in [0.15, 0.2) is 0 Å². The third kappa shape index (κ3) is 3.05. The molecule has 5 aliphatic rings. The van der Waals surface area contributed by atoms with E-state index in [1.54, 1.807) is 25.3 Å². The van der Waals surface area contributed by atoms with Crippen LogP contribution in [0.1, 0.15) is 44.9 Å². The summed E-state index contributed by atoms with van der Waals surface area (Å²) in [6.07, 6.45) is 10.7. The van der Waals surface area contributed by atoms with E-state index in [0.29, 0.717) is 11.2 Å². The van der Waals surface area contributed by atoms with Crippen LogP contribution < -0.4 is 4.90 Å². The van der Waals surface area contributed by atoms with Crippen LogP contribution >= 0.6 is 0 Å². The van der Waals surface area contributed by atoms with Crippen LogP contribution in [0.25, 0.3) is 0 Å². The lowest BCUT2D eigenvalue weighted by molar-refractivity contribution is -0.0611. The van der Waals surface area contributed by atoms with Crippen molar-refractivity contribution in [2.24, 2.45) is 23.2 Å². The third-order valence-corrected chi connectivity index (χ3v) is 7.72. The van der Waals surface area contributed by atoms with Gasteiger partial charge in [-0.1, -0.05) is 12.1 Å². The van der Waals surface area contributed by atoms with Crippen LogP contribution in [0.2, 0.25) is 0 Å². The molecule has 0 amide bonds. The van der Waals surface area contributed by atoms with Crippen LogP contribution in [0.5, 0.6) is 5.75 Å². The molecule has 3 nitrogen and oxygen atoms in total. The van der Waals surface area contributed by atoms with Crippen molar-refractivity contribution in [1.29, 1.82) is 0 Å². The minimum Gasteiger partial charge on any atom is -0.506 e. The van der Waals surface area contributed by atoms with E-state index in [2.05, 4.69) is 9.80 Å². The van der Waals surface area contributed by atoms with Crippen molar-refractivity contribution in [3.8, 4) is 5.75 Å². The van der Waals surface area contributed by atoms with E-state index in [1.807, 2.05) is 18.2 Å². The van der Waals surface area contributed by atoms with Gasteiger partial charge in [-0.2, -0.15) is 0 Å². The highest BCUT2D eigenvalue weighted by molar-refractivity contribution is 5.57. The van der Waals surface area contributed by atoms with Gasteiger partial charge in [0.05, 0.1) is 5.69 Å². The Morgan fingerprint density at radius 1 is 0.880 bits per heavy atom. The molecule has 25 heavy (non-hydrogen) atoms. The predicted molar refractivity (Wildman–Crippen MR) is 102 cm³/mol. The Kier molecular flexibility index (Phi) is 3.96. The van der Waals surface area contributed by atoms with E-state index in [0.717, 1.165) is 49.6 Å². The smallest absolute Gasteiger partial charge is 0.138 e. The molecule has 0 aromatic heterocycles. The highest BCUT2D eigenvalue weighted by atomic mass is 16.3. The molecule has 4 aliphatic carbocycles. The Bertz CT molecular complexity index is 585. The van der Waals surface area contributed by atoms with Crippen molar-refractivity contribution in [3.63, 3.8) is 0 Å². The lowest BCUT2D eigenvalue weighted by Gasteiger charge is -2.57. The number of aromatic hydroxyl groups is 1. The first-order valence-electron chi connectivity index (χ1n) is 10.4. The summed E-state index contributed by atoms with van der Waals surface area (Å²) in [7, 11) is 0. The highest BCUT2D eigenvalue weighted by Gasteiger charge is 2.50. The molecular formula is C22H32N2O. The molecule has 0 unspecified atom stereocenters. The van der Waals surface area contributed by atoms with Gasteiger partial charge in [0.1, 0.15) is 5.75 Å². The number of rotatable bonds is 4. The molecule has 1 saturated heterocycles. The minimum absolute atomic E-state index is 0.421. The maximum absolute atomic E-state index is 10.1. The number of hydrogen-bond acceptors (Lipinski definition) is 3. The van der Waals surface area contributed by atoms with Crippen LogP contribution in [0.15, 0.2) is 24.3 Å². The number of nitrogens with zero attached hydrogens (tertiary/aromatic N) is 2. The summed E-state index contributed by atoms with van der Waals surface area (Å²) < 4.78 is 0. The minimum atomic E-state index is 0.421. The Morgan fingerprint density at radius 2 is 1.48 bits per heavy atom. The van der Waals surface area contributed by atoms with Crippen molar-refractivity contribution < 1.29 is 5.11 Å². The zero-order valence-electron chi connectivity index (χ0n) is 15.4. The normalized spacial score (nSPS) is 37.6. The highest BCUT2D eigenvalue weighted by Crippen LogP contribution is 2.61. The van der Waals surface area contributed by atoms with Crippen LogP contribution in [0, 0.1) is 23.2 Å². The lowest BCUT2D eigenvalue weighted by Crippen LogP contribution is -2.50. The van der Waals surface area contributed by atoms with Crippen molar-refractivity contribution in [1.82, 2.24) is 4.90 Å². The summed E-state index contributed by atoms with van der Waals surface area (Å²) >= 11 is 0. The van der Waals surface area contributed by atoms with Gasteiger partial charge in [0.25, 0.3) is 0 Å². The summed E-state index contributed by atoms with van der Waals surface area (Å²) in [5, 5.41) is 10.1. The molecule has 136 valence electrons. The Balaban J connectivity index is 1.16. The van der Waals surface area contributed by atoms with Crippen LogP contribution in [0.3, 0.4) is 0 Å². The van der Waals surface area contributed by atoms with Crippen molar-refractivity contribution in [2.75, 3.05) is 37.6 Å². The van der Waals surface area contributed by atoms with E-state index in [1.165, 1.54) is 32.2 Å². The van der Waals surface area contributed by atoms with Gasteiger partial charge in [-0.05, 0) is 86.8 Å². The number of benzene rings is 1. The van der Waals surface area contributed by atoms with Crippen molar-refractivity contribution in [3.05, 3.63) is 24.3 Å². The molecule has 1 aliphatic heterocycles. The van der Waals surface area contributed by atoms with E-state index in [9.17, 15) is 5.11 Å². The van der Waals surface area contributed by atoms with Crippen LogP contribution in [0.4, 0.5) is 5.69 Å². The molecular weight excluding hydrogens is 308 g/mol. The Labute approximate surface area is 152 Å². The number of phenols is 1. The molecule has 0 radical (unpaired) electrons. The number of para-hydroxylation sites is 2. The van der Waals surface area contributed by atoms with Gasteiger partial charge in [0.2, 0.25) is 0 Å². The quantitative estimate of drug-likeness (QED) is 0.893. The lowest BCUT2D eigenvalue weighted by atomic mass is 9.49. The first-order chi connectivity index (χ1) is 12.2. The fourth-order valence-corrected chi connectivity index (χ4v) is 6.94. The van der Waals surface area contributed by atoms with Gasteiger partial charge in [-0.15, -0.1) is 0 Å². The number of anilines is 1. The molecule has 1 heterocycles. The van der Waals surface area contributed by atoms with Gasteiger partial charge < -0.3 is 10.0 Å². The maximum Gasteiger partial charge on any atom is 0.138 e. The van der Waals surface area contributed by atoms with Crippen LogP contribution in [-0.2, 0) is 0 Å². The Morgan fingerprint density at radius 3 is 2.08 bits per heavy atom. The van der Waals surface area contributed by atoms with Gasteiger partial charge in [-0.3, -0.25) is 4.90 Å². The number of phenolic OH excluding ortho intramolecular Hbond substituents is 1. The summed E-state index contributed by atoms with van der Waals surface area (Å²) in [6.45, 7) is 5.65. The fraction of sp³-hybridized carbons (Fsp3) is 0.727. The molecule has 6 rings (SSSR count). The molecule has 1 aromatic rings.